The lowest BCUT2D eigenvalue weighted by Gasteiger charge is -2.16. The fourth-order valence-corrected chi connectivity index (χ4v) is 3.55. The number of halogens is 1. The van der Waals surface area contributed by atoms with Crippen molar-refractivity contribution in [2.45, 2.75) is 17.4 Å². The lowest BCUT2D eigenvalue weighted by atomic mass is 10.3. The van der Waals surface area contributed by atoms with Gasteiger partial charge in [0, 0.05) is 19.1 Å². The van der Waals surface area contributed by atoms with Gasteiger partial charge in [0.1, 0.15) is 5.82 Å². The van der Waals surface area contributed by atoms with Crippen molar-refractivity contribution in [3.63, 3.8) is 0 Å². The SMILES string of the molecule is COC(=O)NC1CCN(S(=O)(=O)c2ccc(F)cc2)C1. The predicted molar refractivity (Wildman–Crippen MR) is 69.1 cm³/mol. The maximum Gasteiger partial charge on any atom is 0.407 e. The van der Waals surface area contributed by atoms with Gasteiger partial charge in [0.25, 0.3) is 0 Å². The predicted octanol–water partition coefficient (Wildman–Crippen LogP) is 0.945. The van der Waals surface area contributed by atoms with E-state index in [2.05, 4.69) is 10.1 Å². The summed E-state index contributed by atoms with van der Waals surface area (Å²) in [5, 5.41) is 2.56. The third kappa shape index (κ3) is 3.07. The van der Waals surface area contributed by atoms with Gasteiger partial charge in [-0.15, -0.1) is 0 Å². The number of hydrogen-bond donors (Lipinski definition) is 1. The fraction of sp³-hybridized carbons (Fsp3) is 0.417. The first-order chi connectivity index (χ1) is 9.43. The summed E-state index contributed by atoms with van der Waals surface area (Å²) in [7, 11) is -2.41. The van der Waals surface area contributed by atoms with E-state index in [-0.39, 0.29) is 17.5 Å². The molecule has 1 unspecified atom stereocenters. The van der Waals surface area contributed by atoms with Gasteiger partial charge in [-0.2, -0.15) is 4.31 Å². The first kappa shape index (κ1) is 14.7. The Kier molecular flexibility index (Phi) is 4.24. The molecular formula is C12H15FN2O4S. The number of alkyl carbamates (subject to hydrolysis) is 1. The number of ether oxygens (including phenoxy) is 1. The maximum atomic E-state index is 12.8. The van der Waals surface area contributed by atoms with E-state index in [9.17, 15) is 17.6 Å². The smallest absolute Gasteiger partial charge is 0.407 e. The highest BCUT2D eigenvalue weighted by molar-refractivity contribution is 7.89. The Bertz CT molecular complexity index is 588. The monoisotopic (exact) mass is 302 g/mol. The molecule has 1 aliphatic heterocycles. The van der Waals surface area contributed by atoms with Crippen molar-refractivity contribution in [1.29, 1.82) is 0 Å². The van der Waals surface area contributed by atoms with Crippen molar-refractivity contribution < 1.29 is 22.3 Å². The minimum atomic E-state index is -3.66. The van der Waals surface area contributed by atoms with E-state index in [0.29, 0.717) is 13.0 Å². The number of carbonyl (C=O) groups is 1. The number of hydrogen-bond acceptors (Lipinski definition) is 4. The number of carbonyl (C=O) groups excluding carboxylic acids is 1. The molecule has 1 aliphatic rings. The molecule has 0 bridgehead atoms. The van der Waals surface area contributed by atoms with E-state index >= 15 is 0 Å². The van der Waals surface area contributed by atoms with E-state index in [1.165, 1.54) is 23.5 Å². The molecule has 0 saturated carbocycles. The standard InChI is InChI=1S/C12H15FN2O4S/c1-19-12(16)14-10-6-7-15(8-10)20(17,18)11-4-2-9(13)3-5-11/h2-5,10H,6-8H2,1H3,(H,14,16). The second kappa shape index (κ2) is 5.76. The number of methoxy groups -OCH3 is 1. The quantitative estimate of drug-likeness (QED) is 0.902. The summed E-state index contributed by atoms with van der Waals surface area (Å²) in [6.45, 7) is 0.475. The number of amides is 1. The number of nitrogens with zero attached hydrogens (tertiary/aromatic N) is 1. The summed E-state index contributed by atoms with van der Waals surface area (Å²) in [6.07, 6.45) is -0.0776. The minimum Gasteiger partial charge on any atom is -0.453 e. The first-order valence-electron chi connectivity index (χ1n) is 6.03. The molecule has 0 radical (unpaired) electrons. The molecular weight excluding hydrogens is 287 g/mol. The van der Waals surface area contributed by atoms with Crippen LogP contribution in [0.4, 0.5) is 9.18 Å². The molecule has 0 spiro atoms. The lowest BCUT2D eigenvalue weighted by Crippen LogP contribution is -2.38. The van der Waals surface area contributed by atoms with Crippen LogP contribution in [0.3, 0.4) is 0 Å². The average Bonchev–Trinajstić information content (AvgIpc) is 2.88. The Morgan fingerprint density at radius 3 is 2.65 bits per heavy atom. The number of rotatable bonds is 3. The van der Waals surface area contributed by atoms with Crippen molar-refractivity contribution in [2.24, 2.45) is 0 Å². The van der Waals surface area contributed by atoms with Crippen LogP contribution >= 0.6 is 0 Å². The van der Waals surface area contributed by atoms with E-state index in [1.54, 1.807) is 0 Å². The third-order valence-electron chi connectivity index (χ3n) is 3.11. The van der Waals surface area contributed by atoms with E-state index in [4.69, 9.17) is 0 Å². The second-order valence-electron chi connectivity index (χ2n) is 4.44. The molecule has 0 aromatic heterocycles. The number of nitrogens with one attached hydrogen (secondary N) is 1. The molecule has 1 amide bonds. The Labute approximate surface area is 116 Å². The molecule has 1 saturated heterocycles. The molecule has 2 rings (SSSR count). The Morgan fingerprint density at radius 2 is 2.05 bits per heavy atom. The highest BCUT2D eigenvalue weighted by Crippen LogP contribution is 2.21. The van der Waals surface area contributed by atoms with Crippen LogP contribution in [0.15, 0.2) is 29.2 Å². The van der Waals surface area contributed by atoms with Gasteiger partial charge < -0.3 is 10.1 Å². The topological polar surface area (TPSA) is 75.7 Å². The van der Waals surface area contributed by atoms with Crippen molar-refractivity contribution in [1.82, 2.24) is 9.62 Å². The molecule has 1 heterocycles. The van der Waals surface area contributed by atoms with Crippen LogP contribution in [-0.4, -0.2) is 45.1 Å². The van der Waals surface area contributed by atoms with Gasteiger partial charge in [0.05, 0.1) is 12.0 Å². The van der Waals surface area contributed by atoms with Gasteiger partial charge in [0.15, 0.2) is 0 Å². The van der Waals surface area contributed by atoms with Crippen molar-refractivity contribution in [3.05, 3.63) is 30.1 Å². The number of benzene rings is 1. The van der Waals surface area contributed by atoms with E-state index in [0.717, 1.165) is 12.1 Å². The zero-order valence-corrected chi connectivity index (χ0v) is 11.7. The van der Waals surface area contributed by atoms with Gasteiger partial charge in [-0.3, -0.25) is 0 Å². The van der Waals surface area contributed by atoms with Crippen LogP contribution in [0.1, 0.15) is 6.42 Å². The maximum absolute atomic E-state index is 12.8. The zero-order chi connectivity index (χ0) is 14.8. The van der Waals surface area contributed by atoms with Crippen molar-refractivity contribution >= 4 is 16.1 Å². The Morgan fingerprint density at radius 1 is 1.40 bits per heavy atom. The van der Waals surface area contributed by atoms with Crippen LogP contribution in [-0.2, 0) is 14.8 Å². The highest BCUT2D eigenvalue weighted by atomic mass is 32.2. The van der Waals surface area contributed by atoms with Crippen LogP contribution in [0.5, 0.6) is 0 Å². The minimum absolute atomic E-state index is 0.0395. The summed E-state index contributed by atoms with van der Waals surface area (Å²) < 4.78 is 43.2. The van der Waals surface area contributed by atoms with Crippen LogP contribution in [0, 0.1) is 5.82 Å². The van der Waals surface area contributed by atoms with Gasteiger partial charge in [-0.25, -0.2) is 17.6 Å². The molecule has 1 fully saturated rings. The van der Waals surface area contributed by atoms with Crippen LogP contribution in [0.2, 0.25) is 0 Å². The third-order valence-corrected chi connectivity index (χ3v) is 4.99. The zero-order valence-electron chi connectivity index (χ0n) is 10.9. The normalized spacial score (nSPS) is 19.8. The summed E-state index contributed by atoms with van der Waals surface area (Å²) in [6, 6.07) is 4.38. The first-order valence-corrected chi connectivity index (χ1v) is 7.47. The summed E-state index contributed by atoms with van der Waals surface area (Å²) >= 11 is 0. The molecule has 1 aromatic rings. The molecule has 0 aliphatic carbocycles. The molecule has 110 valence electrons. The lowest BCUT2D eigenvalue weighted by molar-refractivity contribution is 0.167. The molecule has 6 nitrogen and oxygen atoms in total. The largest absolute Gasteiger partial charge is 0.453 e. The van der Waals surface area contributed by atoms with Gasteiger partial charge in [0.2, 0.25) is 10.0 Å². The molecule has 1 aromatic carbocycles. The number of sulfonamides is 1. The van der Waals surface area contributed by atoms with Crippen LogP contribution < -0.4 is 5.32 Å². The summed E-state index contributed by atoms with van der Waals surface area (Å²) in [4.78, 5) is 11.1. The highest BCUT2D eigenvalue weighted by Gasteiger charge is 2.33. The molecule has 20 heavy (non-hydrogen) atoms. The van der Waals surface area contributed by atoms with Gasteiger partial charge >= 0.3 is 6.09 Å². The van der Waals surface area contributed by atoms with Crippen molar-refractivity contribution in [2.75, 3.05) is 20.2 Å². The Balaban J connectivity index is 2.08. The average molecular weight is 302 g/mol. The Hall–Kier alpha value is -1.67. The van der Waals surface area contributed by atoms with E-state index < -0.39 is 21.9 Å². The van der Waals surface area contributed by atoms with Gasteiger partial charge in [-0.1, -0.05) is 0 Å². The summed E-state index contributed by atoms with van der Waals surface area (Å²) in [5.41, 5.74) is 0. The fourth-order valence-electron chi connectivity index (χ4n) is 2.05. The van der Waals surface area contributed by atoms with Crippen molar-refractivity contribution in [3.8, 4) is 0 Å². The molecule has 1 N–H and O–H groups in total. The second-order valence-corrected chi connectivity index (χ2v) is 6.38. The summed E-state index contributed by atoms with van der Waals surface area (Å²) in [5.74, 6) is -0.490. The van der Waals surface area contributed by atoms with Gasteiger partial charge in [-0.05, 0) is 30.7 Å². The molecule has 8 heteroatoms. The molecule has 1 atom stereocenters. The van der Waals surface area contributed by atoms with E-state index in [1.807, 2.05) is 0 Å². The van der Waals surface area contributed by atoms with Crippen LogP contribution in [0.25, 0.3) is 0 Å².